The first-order valence-corrected chi connectivity index (χ1v) is 10.6. The topological polar surface area (TPSA) is 38.7 Å². The van der Waals surface area contributed by atoms with Gasteiger partial charge in [0.05, 0.1) is 22.4 Å². The standard InChI is InChI=1S/C29H19N3/c1-2-4-20(5-3-1)24-8-6-21-11-13-27(32-28(21)18-24)25-9-7-22-10-12-26(31-29(22)19-25)23-14-16-30-17-15-23/h1-19H. The smallest absolute Gasteiger partial charge is 0.0716 e. The molecule has 0 aliphatic carbocycles. The normalized spacial score (nSPS) is 11.1. The minimum Gasteiger partial charge on any atom is -0.265 e. The van der Waals surface area contributed by atoms with Crippen LogP contribution in [-0.4, -0.2) is 15.0 Å². The summed E-state index contributed by atoms with van der Waals surface area (Å²) in [6.07, 6.45) is 3.58. The first-order valence-electron chi connectivity index (χ1n) is 10.6. The maximum absolute atomic E-state index is 4.98. The van der Waals surface area contributed by atoms with Crippen molar-refractivity contribution in [2.24, 2.45) is 0 Å². The highest BCUT2D eigenvalue weighted by Gasteiger charge is 2.07. The number of benzene rings is 3. The van der Waals surface area contributed by atoms with Crippen molar-refractivity contribution in [2.45, 2.75) is 0 Å². The summed E-state index contributed by atoms with van der Waals surface area (Å²) >= 11 is 0. The van der Waals surface area contributed by atoms with Gasteiger partial charge in [0, 0.05) is 34.3 Å². The number of aromatic nitrogens is 3. The zero-order valence-electron chi connectivity index (χ0n) is 17.3. The number of hydrogen-bond donors (Lipinski definition) is 0. The number of nitrogens with zero attached hydrogens (tertiary/aromatic N) is 3. The minimum absolute atomic E-state index is 0.941. The molecule has 0 unspecified atom stereocenters. The van der Waals surface area contributed by atoms with Crippen LogP contribution in [-0.2, 0) is 0 Å². The lowest BCUT2D eigenvalue weighted by Gasteiger charge is -2.08. The summed E-state index contributed by atoms with van der Waals surface area (Å²) in [6, 6.07) is 35.6. The van der Waals surface area contributed by atoms with Crippen molar-refractivity contribution < 1.29 is 0 Å². The maximum Gasteiger partial charge on any atom is 0.0716 e. The van der Waals surface area contributed by atoms with Gasteiger partial charge in [-0.15, -0.1) is 0 Å². The molecule has 3 aromatic carbocycles. The van der Waals surface area contributed by atoms with Gasteiger partial charge in [0.15, 0.2) is 0 Å². The van der Waals surface area contributed by atoms with Gasteiger partial charge in [0.1, 0.15) is 0 Å². The Bertz CT molecular complexity index is 1440. The van der Waals surface area contributed by atoms with Crippen molar-refractivity contribution in [3.8, 4) is 33.6 Å². The van der Waals surface area contributed by atoms with E-state index in [1.54, 1.807) is 12.4 Å². The van der Waals surface area contributed by atoms with E-state index < -0.39 is 0 Å². The molecule has 0 amide bonds. The molecule has 0 atom stereocenters. The predicted molar refractivity (Wildman–Crippen MR) is 131 cm³/mol. The quantitative estimate of drug-likeness (QED) is 0.311. The molecule has 0 saturated heterocycles. The van der Waals surface area contributed by atoms with Gasteiger partial charge in [-0.25, -0.2) is 9.97 Å². The molecule has 0 N–H and O–H groups in total. The molecular weight excluding hydrogens is 390 g/mol. The largest absolute Gasteiger partial charge is 0.265 e. The molecule has 3 aromatic heterocycles. The number of fused-ring (bicyclic) bond motifs is 2. The highest BCUT2D eigenvalue weighted by atomic mass is 14.7. The van der Waals surface area contributed by atoms with E-state index in [4.69, 9.17) is 9.97 Å². The fraction of sp³-hybridized carbons (Fsp3) is 0. The third-order valence-corrected chi connectivity index (χ3v) is 5.76. The van der Waals surface area contributed by atoms with Gasteiger partial charge in [0.2, 0.25) is 0 Å². The lowest BCUT2D eigenvalue weighted by Crippen LogP contribution is -1.89. The fourth-order valence-corrected chi connectivity index (χ4v) is 4.05. The second-order valence-corrected chi connectivity index (χ2v) is 7.81. The van der Waals surface area contributed by atoms with Gasteiger partial charge in [-0.1, -0.05) is 66.7 Å². The number of pyridine rings is 3. The molecule has 0 radical (unpaired) electrons. The molecule has 6 rings (SSSR count). The first kappa shape index (κ1) is 18.4. The van der Waals surface area contributed by atoms with Crippen LogP contribution in [0.15, 0.2) is 116 Å². The average Bonchev–Trinajstić information content (AvgIpc) is 2.88. The molecule has 0 aliphatic heterocycles. The van der Waals surface area contributed by atoms with E-state index in [1.807, 2.05) is 18.2 Å². The summed E-state index contributed by atoms with van der Waals surface area (Å²) in [5.74, 6) is 0. The third kappa shape index (κ3) is 3.40. The third-order valence-electron chi connectivity index (χ3n) is 5.76. The Kier molecular flexibility index (Phi) is 4.43. The maximum atomic E-state index is 4.98. The predicted octanol–water partition coefficient (Wildman–Crippen LogP) is 7.18. The summed E-state index contributed by atoms with van der Waals surface area (Å²) < 4.78 is 0. The van der Waals surface area contributed by atoms with Gasteiger partial charge < -0.3 is 0 Å². The van der Waals surface area contributed by atoms with Crippen LogP contribution in [0.2, 0.25) is 0 Å². The second kappa shape index (κ2) is 7.71. The zero-order valence-corrected chi connectivity index (χ0v) is 17.3. The highest BCUT2D eigenvalue weighted by molar-refractivity contribution is 5.89. The Morgan fingerprint density at radius 2 is 0.969 bits per heavy atom. The van der Waals surface area contributed by atoms with Crippen molar-refractivity contribution in [2.75, 3.05) is 0 Å². The van der Waals surface area contributed by atoms with Crippen LogP contribution in [0, 0.1) is 0 Å². The summed E-state index contributed by atoms with van der Waals surface area (Å²) in [5.41, 5.74) is 8.31. The van der Waals surface area contributed by atoms with Gasteiger partial charge >= 0.3 is 0 Å². The Labute approximate surface area is 186 Å². The van der Waals surface area contributed by atoms with Crippen molar-refractivity contribution in [1.82, 2.24) is 15.0 Å². The molecule has 32 heavy (non-hydrogen) atoms. The molecule has 0 saturated carbocycles. The van der Waals surface area contributed by atoms with E-state index in [9.17, 15) is 0 Å². The summed E-state index contributed by atoms with van der Waals surface area (Å²) in [4.78, 5) is 14.0. The summed E-state index contributed by atoms with van der Waals surface area (Å²) in [7, 11) is 0. The van der Waals surface area contributed by atoms with Crippen LogP contribution in [0.3, 0.4) is 0 Å². The summed E-state index contributed by atoms with van der Waals surface area (Å²) in [6.45, 7) is 0. The molecule has 150 valence electrons. The van der Waals surface area contributed by atoms with Gasteiger partial charge in [0.25, 0.3) is 0 Å². The highest BCUT2D eigenvalue weighted by Crippen LogP contribution is 2.28. The molecule has 0 aliphatic rings. The van der Waals surface area contributed by atoms with Crippen LogP contribution in [0.4, 0.5) is 0 Å². The Balaban J connectivity index is 1.43. The monoisotopic (exact) mass is 409 g/mol. The van der Waals surface area contributed by atoms with E-state index in [1.165, 1.54) is 11.1 Å². The molecule has 3 heterocycles. The van der Waals surface area contributed by atoms with Gasteiger partial charge in [-0.2, -0.15) is 0 Å². The second-order valence-electron chi connectivity index (χ2n) is 7.81. The van der Waals surface area contributed by atoms with E-state index in [0.29, 0.717) is 0 Å². The van der Waals surface area contributed by atoms with Gasteiger partial charge in [-0.3, -0.25) is 4.98 Å². The van der Waals surface area contributed by atoms with Crippen LogP contribution in [0.1, 0.15) is 0 Å². The SMILES string of the molecule is c1ccc(-c2ccc3ccc(-c4ccc5ccc(-c6ccncc6)nc5c4)nc3c2)cc1. The van der Waals surface area contributed by atoms with E-state index >= 15 is 0 Å². The molecule has 3 heteroatoms. The lowest BCUT2D eigenvalue weighted by molar-refractivity contribution is 1.31. The molecule has 3 nitrogen and oxygen atoms in total. The van der Waals surface area contributed by atoms with Gasteiger partial charge in [-0.05, 0) is 47.5 Å². The molecular formula is C29H19N3. The average molecular weight is 409 g/mol. The Hall–Kier alpha value is -4.37. The first-order chi connectivity index (χ1) is 15.8. The van der Waals surface area contributed by atoms with E-state index in [0.717, 1.165) is 44.3 Å². The van der Waals surface area contributed by atoms with Crippen molar-refractivity contribution in [3.63, 3.8) is 0 Å². The Morgan fingerprint density at radius 1 is 0.406 bits per heavy atom. The lowest BCUT2D eigenvalue weighted by atomic mass is 10.0. The Morgan fingerprint density at radius 3 is 1.66 bits per heavy atom. The van der Waals surface area contributed by atoms with Crippen LogP contribution in [0.25, 0.3) is 55.4 Å². The van der Waals surface area contributed by atoms with Crippen molar-refractivity contribution in [3.05, 3.63) is 116 Å². The minimum atomic E-state index is 0.941. The number of rotatable bonds is 3. The van der Waals surface area contributed by atoms with Crippen LogP contribution < -0.4 is 0 Å². The zero-order chi connectivity index (χ0) is 21.3. The molecule has 0 fully saturated rings. The number of hydrogen-bond acceptors (Lipinski definition) is 3. The molecule has 0 spiro atoms. The summed E-state index contributed by atoms with van der Waals surface area (Å²) in [5, 5.41) is 2.24. The molecule has 0 bridgehead atoms. The van der Waals surface area contributed by atoms with E-state index in [2.05, 4.69) is 89.9 Å². The fourth-order valence-electron chi connectivity index (χ4n) is 4.05. The van der Waals surface area contributed by atoms with Crippen LogP contribution >= 0.6 is 0 Å². The van der Waals surface area contributed by atoms with Crippen molar-refractivity contribution >= 4 is 21.8 Å². The molecule has 6 aromatic rings. The van der Waals surface area contributed by atoms with Crippen LogP contribution in [0.5, 0.6) is 0 Å². The van der Waals surface area contributed by atoms with Crippen molar-refractivity contribution in [1.29, 1.82) is 0 Å². The van der Waals surface area contributed by atoms with E-state index in [-0.39, 0.29) is 0 Å².